The van der Waals surface area contributed by atoms with Crippen molar-refractivity contribution in [2.24, 2.45) is 5.41 Å². The number of morpholine rings is 1. The number of hydrogen-bond acceptors (Lipinski definition) is 6. The highest BCUT2D eigenvalue weighted by atomic mass is 16.5. The van der Waals surface area contributed by atoms with Crippen LogP contribution in [0.5, 0.6) is 0 Å². The molecule has 2 aromatic heterocycles. The maximum absolute atomic E-state index is 12.7. The zero-order valence-corrected chi connectivity index (χ0v) is 17.2. The van der Waals surface area contributed by atoms with E-state index in [1.165, 1.54) is 0 Å². The number of rotatable bonds is 4. The number of ketones is 1. The van der Waals surface area contributed by atoms with Gasteiger partial charge in [0.15, 0.2) is 11.5 Å². The molecular weight excluding hydrogens is 370 g/mol. The molecule has 3 heterocycles. The fourth-order valence-electron chi connectivity index (χ4n) is 4.06. The second kappa shape index (κ2) is 7.63. The summed E-state index contributed by atoms with van der Waals surface area (Å²) in [6.45, 7) is 9.31. The predicted octanol–water partition coefficient (Wildman–Crippen LogP) is 2.90. The van der Waals surface area contributed by atoms with Gasteiger partial charge < -0.3 is 19.4 Å². The third-order valence-electron chi connectivity index (χ3n) is 5.58. The SMILES string of the molecule is Cc1c(C(=O)NCc2ccc(N3CCOCC3)nc2)oc2c1C(=O)CC(C)(C)C2. The molecule has 7 heteroatoms. The summed E-state index contributed by atoms with van der Waals surface area (Å²) in [5.41, 5.74) is 1.99. The van der Waals surface area contributed by atoms with Crippen LogP contribution in [-0.2, 0) is 17.7 Å². The van der Waals surface area contributed by atoms with E-state index in [1.54, 1.807) is 13.1 Å². The van der Waals surface area contributed by atoms with Crippen molar-refractivity contribution in [1.82, 2.24) is 10.3 Å². The number of carbonyl (C=O) groups is 2. The van der Waals surface area contributed by atoms with Crippen molar-refractivity contribution in [3.63, 3.8) is 0 Å². The van der Waals surface area contributed by atoms with Gasteiger partial charge in [-0.15, -0.1) is 0 Å². The number of carbonyl (C=O) groups excluding carboxylic acids is 2. The molecule has 0 atom stereocenters. The van der Waals surface area contributed by atoms with Gasteiger partial charge in [-0.05, 0) is 24.0 Å². The summed E-state index contributed by atoms with van der Waals surface area (Å²) in [4.78, 5) is 31.9. The Labute approximate surface area is 170 Å². The molecule has 0 saturated carbocycles. The van der Waals surface area contributed by atoms with E-state index < -0.39 is 0 Å². The molecule has 4 rings (SSSR count). The van der Waals surface area contributed by atoms with Gasteiger partial charge in [-0.3, -0.25) is 9.59 Å². The van der Waals surface area contributed by atoms with Crippen LogP contribution >= 0.6 is 0 Å². The summed E-state index contributed by atoms with van der Waals surface area (Å²) < 4.78 is 11.2. The summed E-state index contributed by atoms with van der Waals surface area (Å²) >= 11 is 0. The normalized spacial score (nSPS) is 18.4. The Balaban J connectivity index is 1.42. The number of aromatic nitrogens is 1. The van der Waals surface area contributed by atoms with Crippen molar-refractivity contribution in [2.45, 2.75) is 40.2 Å². The largest absolute Gasteiger partial charge is 0.455 e. The summed E-state index contributed by atoms with van der Waals surface area (Å²) in [5, 5.41) is 2.88. The highest BCUT2D eigenvalue weighted by Crippen LogP contribution is 2.38. The standard InChI is InChI=1S/C22H27N3O4/c1-14-19-16(26)10-22(2,3)11-17(19)29-20(14)21(27)24-13-15-4-5-18(23-12-15)25-6-8-28-9-7-25/h4-5,12H,6-11,13H2,1-3H3,(H,24,27). The van der Waals surface area contributed by atoms with Crippen LogP contribution in [0.25, 0.3) is 0 Å². The van der Waals surface area contributed by atoms with Crippen LogP contribution in [-0.4, -0.2) is 43.0 Å². The first-order valence-electron chi connectivity index (χ1n) is 10.1. The molecule has 0 unspecified atom stereocenters. The number of ether oxygens (including phenoxy) is 1. The van der Waals surface area contributed by atoms with Gasteiger partial charge in [0.1, 0.15) is 11.6 Å². The van der Waals surface area contributed by atoms with E-state index in [2.05, 4.69) is 15.2 Å². The van der Waals surface area contributed by atoms with E-state index in [0.29, 0.717) is 49.5 Å². The van der Waals surface area contributed by atoms with Crippen molar-refractivity contribution in [1.29, 1.82) is 0 Å². The topological polar surface area (TPSA) is 84.7 Å². The number of furan rings is 1. The van der Waals surface area contributed by atoms with E-state index in [0.717, 1.165) is 24.5 Å². The van der Waals surface area contributed by atoms with Crippen molar-refractivity contribution < 1.29 is 18.7 Å². The number of fused-ring (bicyclic) bond motifs is 1. The van der Waals surface area contributed by atoms with Crippen LogP contribution in [0.2, 0.25) is 0 Å². The summed E-state index contributed by atoms with van der Waals surface area (Å²) in [7, 11) is 0. The van der Waals surface area contributed by atoms with E-state index in [9.17, 15) is 9.59 Å². The number of nitrogens with zero attached hydrogens (tertiary/aromatic N) is 2. The number of anilines is 1. The molecule has 29 heavy (non-hydrogen) atoms. The lowest BCUT2D eigenvalue weighted by Crippen LogP contribution is -2.36. The smallest absolute Gasteiger partial charge is 0.287 e. The van der Waals surface area contributed by atoms with Gasteiger partial charge in [-0.25, -0.2) is 4.98 Å². The molecule has 2 aromatic rings. The molecule has 0 bridgehead atoms. The second-order valence-electron chi connectivity index (χ2n) is 8.60. The molecule has 1 saturated heterocycles. The number of Topliss-reactive ketones (excluding diaryl/α,β-unsaturated/α-hetero) is 1. The Kier molecular flexibility index (Phi) is 5.17. The zero-order chi connectivity index (χ0) is 20.6. The van der Waals surface area contributed by atoms with E-state index in [4.69, 9.17) is 9.15 Å². The Morgan fingerprint density at radius 2 is 2.00 bits per heavy atom. The van der Waals surface area contributed by atoms with Gasteiger partial charge in [-0.1, -0.05) is 19.9 Å². The molecule has 1 aliphatic carbocycles. The third kappa shape index (κ3) is 4.05. The molecule has 1 fully saturated rings. The van der Waals surface area contributed by atoms with Gasteiger partial charge in [0.2, 0.25) is 0 Å². The van der Waals surface area contributed by atoms with Crippen molar-refractivity contribution in [3.8, 4) is 0 Å². The fraction of sp³-hybridized carbons (Fsp3) is 0.500. The van der Waals surface area contributed by atoms with Crippen LogP contribution in [0, 0.1) is 12.3 Å². The van der Waals surface area contributed by atoms with Crippen LogP contribution < -0.4 is 10.2 Å². The average molecular weight is 397 g/mol. The van der Waals surface area contributed by atoms with Crippen LogP contribution in [0.4, 0.5) is 5.82 Å². The lowest BCUT2D eigenvalue weighted by Gasteiger charge is -2.27. The van der Waals surface area contributed by atoms with Crippen molar-refractivity contribution in [2.75, 3.05) is 31.2 Å². The highest BCUT2D eigenvalue weighted by Gasteiger charge is 2.37. The molecule has 0 spiro atoms. The first-order chi connectivity index (χ1) is 13.8. The summed E-state index contributed by atoms with van der Waals surface area (Å²) in [5.74, 6) is 1.53. The fourth-order valence-corrected chi connectivity index (χ4v) is 4.06. The van der Waals surface area contributed by atoms with Gasteiger partial charge in [0, 0.05) is 44.2 Å². The Morgan fingerprint density at radius 3 is 2.69 bits per heavy atom. The zero-order valence-electron chi connectivity index (χ0n) is 17.2. The summed E-state index contributed by atoms with van der Waals surface area (Å²) in [6.07, 6.45) is 2.91. The minimum Gasteiger partial charge on any atom is -0.455 e. The highest BCUT2D eigenvalue weighted by molar-refractivity contribution is 6.03. The average Bonchev–Trinajstić information content (AvgIpc) is 3.02. The van der Waals surface area contributed by atoms with Crippen LogP contribution in [0.3, 0.4) is 0 Å². The Morgan fingerprint density at radius 1 is 1.24 bits per heavy atom. The number of nitrogens with one attached hydrogen (secondary N) is 1. The minimum atomic E-state index is -0.306. The van der Waals surface area contributed by atoms with E-state index in [-0.39, 0.29) is 22.9 Å². The number of hydrogen-bond donors (Lipinski definition) is 1. The maximum Gasteiger partial charge on any atom is 0.287 e. The van der Waals surface area contributed by atoms with Crippen molar-refractivity contribution >= 4 is 17.5 Å². The van der Waals surface area contributed by atoms with E-state index >= 15 is 0 Å². The monoisotopic (exact) mass is 397 g/mol. The van der Waals surface area contributed by atoms with Crippen LogP contribution in [0.15, 0.2) is 22.7 Å². The lowest BCUT2D eigenvalue weighted by atomic mass is 9.76. The van der Waals surface area contributed by atoms with E-state index in [1.807, 2.05) is 26.0 Å². The molecule has 1 amide bonds. The van der Waals surface area contributed by atoms with Gasteiger partial charge >= 0.3 is 0 Å². The molecule has 1 N–H and O–H groups in total. The van der Waals surface area contributed by atoms with Gasteiger partial charge in [0.25, 0.3) is 5.91 Å². The first-order valence-corrected chi connectivity index (χ1v) is 10.1. The molecule has 0 aromatic carbocycles. The molecule has 1 aliphatic heterocycles. The molecule has 7 nitrogen and oxygen atoms in total. The quantitative estimate of drug-likeness (QED) is 0.854. The molecule has 2 aliphatic rings. The summed E-state index contributed by atoms with van der Waals surface area (Å²) in [6, 6.07) is 3.93. The third-order valence-corrected chi connectivity index (χ3v) is 5.58. The number of amides is 1. The van der Waals surface area contributed by atoms with Crippen LogP contribution in [0.1, 0.15) is 58.1 Å². The van der Waals surface area contributed by atoms with Gasteiger partial charge in [-0.2, -0.15) is 0 Å². The predicted molar refractivity (Wildman–Crippen MR) is 108 cm³/mol. The Bertz CT molecular complexity index is 924. The van der Waals surface area contributed by atoms with Gasteiger partial charge in [0.05, 0.1) is 18.8 Å². The second-order valence-corrected chi connectivity index (χ2v) is 8.60. The number of pyridine rings is 1. The Hall–Kier alpha value is -2.67. The molecular formula is C22H27N3O4. The molecule has 0 radical (unpaired) electrons. The maximum atomic E-state index is 12.7. The lowest BCUT2D eigenvalue weighted by molar-refractivity contribution is 0.0888. The minimum absolute atomic E-state index is 0.0550. The molecule has 154 valence electrons. The first kappa shape index (κ1) is 19.6. The van der Waals surface area contributed by atoms with Crippen molar-refractivity contribution in [3.05, 3.63) is 46.5 Å².